The molecule has 0 radical (unpaired) electrons. The fourth-order valence-electron chi connectivity index (χ4n) is 3.17. The average Bonchev–Trinajstić information content (AvgIpc) is 2.67. The van der Waals surface area contributed by atoms with Gasteiger partial charge in [0.15, 0.2) is 0 Å². The first-order chi connectivity index (χ1) is 13.7. The second kappa shape index (κ2) is 8.39. The number of aryl methyl sites for hydroxylation is 1. The van der Waals surface area contributed by atoms with Gasteiger partial charge in [0.1, 0.15) is 5.60 Å². The SMILES string of the molecule is Cc1cccc(N)c1NCc1ccc(-c2ccccc2C(=O)OC(C)(C)C)cc1. The fourth-order valence-corrected chi connectivity index (χ4v) is 3.17. The van der Waals surface area contributed by atoms with E-state index in [9.17, 15) is 4.79 Å². The van der Waals surface area contributed by atoms with Crippen molar-refractivity contribution in [3.05, 3.63) is 83.4 Å². The van der Waals surface area contributed by atoms with Crippen molar-refractivity contribution in [1.29, 1.82) is 0 Å². The lowest BCUT2D eigenvalue weighted by Crippen LogP contribution is -2.24. The summed E-state index contributed by atoms with van der Waals surface area (Å²) in [7, 11) is 0. The molecule has 4 heteroatoms. The summed E-state index contributed by atoms with van der Waals surface area (Å²) in [6, 6.07) is 21.6. The standard InChI is InChI=1S/C25H28N2O2/c1-17-8-7-11-22(26)23(17)27-16-18-12-14-19(15-13-18)20-9-5-6-10-21(20)24(28)29-25(2,3)4/h5-15,27H,16,26H2,1-4H3. The number of nitrogens with one attached hydrogen (secondary N) is 1. The van der Waals surface area contributed by atoms with Gasteiger partial charge in [-0.25, -0.2) is 4.79 Å². The molecule has 0 unspecified atom stereocenters. The zero-order valence-electron chi connectivity index (χ0n) is 17.5. The van der Waals surface area contributed by atoms with E-state index in [4.69, 9.17) is 10.5 Å². The molecule has 29 heavy (non-hydrogen) atoms. The molecule has 0 aliphatic heterocycles. The third-order valence-corrected chi connectivity index (χ3v) is 4.59. The Morgan fingerprint density at radius 1 is 0.966 bits per heavy atom. The molecular weight excluding hydrogens is 360 g/mol. The highest BCUT2D eigenvalue weighted by atomic mass is 16.6. The molecule has 0 aliphatic carbocycles. The molecule has 0 bridgehead atoms. The molecule has 3 N–H and O–H groups in total. The summed E-state index contributed by atoms with van der Waals surface area (Å²) < 4.78 is 5.56. The molecule has 4 nitrogen and oxygen atoms in total. The van der Waals surface area contributed by atoms with Gasteiger partial charge in [-0.05, 0) is 62.1 Å². The number of nitrogens with two attached hydrogens (primary N) is 1. The third-order valence-electron chi connectivity index (χ3n) is 4.59. The molecule has 0 amide bonds. The summed E-state index contributed by atoms with van der Waals surface area (Å²) in [5.74, 6) is -0.311. The number of esters is 1. The van der Waals surface area contributed by atoms with Gasteiger partial charge < -0.3 is 15.8 Å². The van der Waals surface area contributed by atoms with E-state index in [2.05, 4.69) is 17.4 Å². The first-order valence-corrected chi connectivity index (χ1v) is 9.75. The Labute approximate surface area is 172 Å². The minimum absolute atomic E-state index is 0.311. The Morgan fingerprint density at radius 3 is 2.31 bits per heavy atom. The van der Waals surface area contributed by atoms with Crippen molar-refractivity contribution >= 4 is 17.3 Å². The van der Waals surface area contributed by atoms with E-state index in [-0.39, 0.29) is 5.97 Å². The summed E-state index contributed by atoms with van der Waals surface area (Å²) in [4.78, 5) is 12.6. The monoisotopic (exact) mass is 388 g/mol. The molecule has 0 fully saturated rings. The number of carbonyl (C=O) groups is 1. The number of ether oxygens (including phenoxy) is 1. The molecule has 150 valence electrons. The fraction of sp³-hybridized carbons (Fsp3) is 0.240. The lowest BCUT2D eigenvalue weighted by Gasteiger charge is -2.20. The van der Waals surface area contributed by atoms with E-state index >= 15 is 0 Å². The molecule has 0 spiro atoms. The van der Waals surface area contributed by atoms with Gasteiger partial charge in [0.2, 0.25) is 0 Å². The van der Waals surface area contributed by atoms with Crippen LogP contribution in [0.2, 0.25) is 0 Å². The molecule has 3 aromatic rings. The van der Waals surface area contributed by atoms with Gasteiger partial charge in [-0.15, -0.1) is 0 Å². The van der Waals surface area contributed by atoms with E-state index in [1.807, 2.05) is 76.2 Å². The topological polar surface area (TPSA) is 64.3 Å². The average molecular weight is 389 g/mol. The molecule has 0 heterocycles. The molecule has 0 aliphatic rings. The van der Waals surface area contributed by atoms with Crippen LogP contribution in [0.5, 0.6) is 0 Å². The van der Waals surface area contributed by atoms with E-state index in [0.29, 0.717) is 12.1 Å². The van der Waals surface area contributed by atoms with Gasteiger partial charge in [0.25, 0.3) is 0 Å². The first kappa shape index (κ1) is 20.5. The number of nitrogen functional groups attached to an aromatic ring is 1. The van der Waals surface area contributed by atoms with Gasteiger partial charge in [0.05, 0.1) is 16.9 Å². The molecule has 3 rings (SSSR count). The molecule has 0 saturated carbocycles. The predicted octanol–water partition coefficient (Wildman–Crippen LogP) is 5.81. The smallest absolute Gasteiger partial charge is 0.339 e. The summed E-state index contributed by atoms with van der Waals surface area (Å²) in [6.45, 7) is 8.32. The van der Waals surface area contributed by atoms with Gasteiger partial charge in [-0.1, -0.05) is 54.6 Å². The summed E-state index contributed by atoms with van der Waals surface area (Å²) in [5.41, 5.74) is 11.9. The van der Waals surface area contributed by atoms with Crippen molar-refractivity contribution < 1.29 is 9.53 Å². The number of hydrogen-bond acceptors (Lipinski definition) is 4. The predicted molar refractivity (Wildman–Crippen MR) is 120 cm³/mol. The van der Waals surface area contributed by atoms with Crippen LogP contribution in [0.15, 0.2) is 66.7 Å². The molecule has 3 aromatic carbocycles. The zero-order valence-corrected chi connectivity index (χ0v) is 17.5. The van der Waals surface area contributed by atoms with Crippen LogP contribution in [0, 0.1) is 6.92 Å². The van der Waals surface area contributed by atoms with Crippen molar-refractivity contribution in [3.63, 3.8) is 0 Å². The molecule has 0 aromatic heterocycles. The largest absolute Gasteiger partial charge is 0.456 e. The van der Waals surface area contributed by atoms with Gasteiger partial charge in [0, 0.05) is 6.54 Å². The van der Waals surface area contributed by atoms with E-state index < -0.39 is 5.60 Å². The third kappa shape index (κ3) is 5.17. The summed E-state index contributed by atoms with van der Waals surface area (Å²) in [5, 5.41) is 3.41. The van der Waals surface area contributed by atoms with Crippen LogP contribution in [0.3, 0.4) is 0 Å². The van der Waals surface area contributed by atoms with Crippen LogP contribution in [-0.2, 0) is 11.3 Å². The quantitative estimate of drug-likeness (QED) is 0.427. The van der Waals surface area contributed by atoms with Gasteiger partial charge in [-0.3, -0.25) is 0 Å². The van der Waals surface area contributed by atoms with Crippen molar-refractivity contribution in [2.75, 3.05) is 11.1 Å². The summed E-state index contributed by atoms with van der Waals surface area (Å²) in [6.07, 6.45) is 0. The highest BCUT2D eigenvalue weighted by molar-refractivity contribution is 5.97. The highest BCUT2D eigenvalue weighted by Crippen LogP contribution is 2.27. The van der Waals surface area contributed by atoms with Crippen LogP contribution in [0.4, 0.5) is 11.4 Å². The van der Waals surface area contributed by atoms with E-state index in [0.717, 1.165) is 33.6 Å². The molecular formula is C25H28N2O2. The van der Waals surface area contributed by atoms with E-state index in [1.165, 1.54) is 0 Å². The van der Waals surface area contributed by atoms with Crippen molar-refractivity contribution in [2.45, 2.75) is 39.8 Å². The Hall–Kier alpha value is -3.27. The Bertz CT molecular complexity index is 982. The van der Waals surface area contributed by atoms with Crippen molar-refractivity contribution in [1.82, 2.24) is 0 Å². The summed E-state index contributed by atoms with van der Waals surface area (Å²) >= 11 is 0. The molecule has 0 atom stereocenters. The van der Waals surface area contributed by atoms with Crippen molar-refractivity contribution in [2.24, 2.45) is 0 Å². The van der Waals surface area contributed by atoms with Crippen LogP contribution in [-0.4, -0.2) is 11.6 Å². The Morgan fingerprint density at radius 2 is 1.66 bits per heavy atom. The Balaban J connectivity index is 1.78. The zero-order chi connectivity index (χ0) is 21.0. The minimum atomic E-state index is -0.531. The lowest BCUT2D eigenvalue weighted by molar-refractivity contribution is 0.00704. The van der Waals surface area contributed by atoms with Gasteiger partial charge in [-0.2, -0.15) is 0 Å². The van der Waals surface area contributed by atoms with Crippen molar-refractivity contribution in [3.8, 4) is 11.1 Å². The number of benzene rings is 3. The normalized spacial score (nSPS) is 11.2. The highest BCUT2D eigenvalue weighted by Gasteiger charge is 2.20. The Kier molecular flexibility index (Phi) is 5.92. The lowest BCUT2D eigenvalue weighted by atomic mass is 9.98. The minimum Gasteiger partial charge on any atom is -0.456 e. The van der Waals surface area contributed by atoms with E-state index in [1.54, 1.807) is 6.07 Å². The molecule has 0 saturated heterocycles. The maximum Gasteiger partial charge on any atom is 0.339 e. The number of anilines is 2. The second-order valence-corrected chi connectivity index (χ2v) is 8.14. The van der Waals surface area contributed by atoms with Gasteiger partial charge >= 0.3 is 5.97 Å². The number of rotatable bonds is 5. The van der Waals surface area contributed by atoms with Crippen LogP contribution >= 0.6 is 0 Å². The van der Waals surface area contributed by atoms with Crippen LogP contribution < -0.4 is 11.1 Å². The number of carbonyl (C=O) groups excluding carboxylic acids is 1. The number of hydrogen-bond donors (Lipinski definition) is 2. The van der Waals surface area contributed by atoms with Crippen LogP contribution in [0.1, 0.15) is 42.3 Å². The number of para-hydroxylation sites is 1. The second-order valence-electron chi connectivity index (χ2n) is 8.14. The first-order valence-electron chi connectivity index (χ1n) is 9.75. The van der Waals surface area contributed by atoms with Crippen LogP contribution in [0.25, 0.3) is 11.1 Å². The maximum atomic E-state index is 12.6. The maximum absolute atomic E-state index is 12.6.